The van der Waals surface area contributed by atoms with Gasteiger partial charge in [0.1, 0.15) is 17.4 Å². The molecule has 0 spiro atoms. The lowest BCUT2D eigenvalue weighted by molar-refractivity contribution is -0.139. The Morgan fingerprint density at radius 2 is 1.61 bits per heavy atom. The van der Waals surface area contributed by atoms with Crippen LogP contribution >= 0.6 is 0 Å². The van der Waals surface area contributed by atoms with Crippen LogP contribution in [0, 0.1) is 17.2 Å². The van der Waals surface area contributed by atoms with Crippen LogP contribution in [0.1, 0.15) is 32.3 Å². The number of ketones is 2. The SMILES string of the molecule is CC1(C)CC(=O)C(Cc2ccc(F)cc2)C(=O)C1. The first kappa shape index (κ1) is 12.9. The zero-order valence-electron chi connectivity index (χ0n) is 10.7. The van der Waals surface area contributed by atoms with Crippen LogP contribution in [0.5, 0.6) is 0 Å². The number of Topliss-reactive ketones (excluding diaryl/α,β-unsaturated/α-hetero) is 2. The molecule has 0 bridgehead atoms. The van der Waals surface area contributed by atoms with Gasteiger partial charge in [0.05, 0.1) is 5.92 Å². The lowest BCUT2D eigenvalue weighted by Gasteiger charge is -2.32. The molecule has 2 rings (SSSR count). The summed E-state index contributed by atoms with van der Waals surface area (Å²) in [5, 5.41) is 0. The van der Waals surface area contributed by atoms with Gasteiger partial charge in [0.15, 0.2) is 0 Å². The Morgan fingerprint density at radius 3 is 2.11 bits per heavy atom. The molecule has 0 N–H and O–H groups in total. The summed E-state index contributed by atoms with van der Waals surface area (Å²) < 4.78 is 12.8. The third kappa shape index (κ3) is 2.84. The molecule has 96 valence electrons. The number of benzene rings is 1. The van der Waals surface area contributed by atoms with Crippen molar-refractivity contribution in [1.29, 1.82) is 0 Å². The number of rotatable bonds is 2. The predicted octanol–water partition coefficient (Wildman–Crippen LogP) is 2.94. The molecule has 2 nitrogen and oxygen atoms in total. The van der Waals surface area contributed by atoms with E-state index in [1.54, 1.807) is 12.1 Å². The van der Waals surface area contributed by atoms with E-state index in [9.17, 15) is 14.0 Å². The van der Waals surface area contributed by atoms with Gasteiger partial charge in [0.2, 0.25) is 0 Å². The van der Waals surface area contributed by atoms with Crippen molar-refractivity contribution in [3.05, 3.63) is 35.6 Å². The summed E-state index contributed by atoms with van der Waals surface area (Å²) in [5.74, 6) is -0.814. The molecular weight excluding hydrogens is 231 g/mol. The monoisotopic (exact) mass is 248 g/mol. The number of carbonyl (C=O) groups excluding carboxylic acids is 2. The zero-order chi connectivity index (χ0) is 13.3. The molecule has 3 heteroatoms. The highest BCUT2D eigenvalue weighted by Crippen LogP contribution is 2.35. The molecule has 1 saturated carbocycles. The second-order valence-corrected chi connectivity index (χ2v) is 5.83. The highest BCUT2D eigenvalue weighted by Gasteiger charge is 2.39. The predicted molar refractivity (Wildman–Crippen MR) is 66.6 cm³/mol. The Morgan fingerprint density at radius 1 is 1.11 bits per heavy atom. The van der Waals surface area contributed by atoms with Crippen LogP contribution in [0.2, 0.25) is 0 Å². The van der Waals surface area contributed by atoms with E-state index in [0.717, 1.165) is 5.56 Å². The quantitative estimate of drug-likeness (QED) is 0.754. The first-order valence-corrected chi connectivity index (χ1v) is 6.17. The van der Waals surface area contributed by atoms with Gasteiger partial charge >= 0.3 is 0 Å². The van der Waals surface area contributed by atoms with E-state index in [4.69, 9.17) is 0 Å². The van der Waals surface area contributed by atoms with Crippen LogP contribution in [0.3, 0.4) is 0 Å². The minimum Gasteiger partial charge on any atom is -0.299 e. The van der Waals surface area contributed by atoms with Crippen LogP contribution in [-0.4, -0.2) is 11.6 Å². The molecule has 18 heavy (non-hydrogen) atoms. The van der Waals surface area contributed by atoms with Gasteiger partial charge in [-0.05, 0) is 29.5 Å². The summed E-state index contributed by atoms with van der Waals surface area (Å²) in [6, 6.07) is 5.99. The van der Waals surface area contributed by atoms with Crippen LogP contribution in [-0.2, 0) is 16.0 Å². The van der Waals surface area contributed by atoms with Crippen LogP contribution in [0.25, 0.3) is 0 Å². The summed E-state index contributed by atoms with van der Waals surface area (Å²) in [7, 11) is 0. The lowest BCUT2D eigenvalue weighted by atomic mass is 9.70. The van der Waals surface area contributed by atoms with Crippen molar-refractivity contribution in [3.8, 4) is 0 Å². The number of carbonyl (C=O) groups is 2. The van der Waals surface area contributed by atoms with Gasteiger partial charge < -0.3 is 0 Å². The average Bonchev–Trinajstić information content (AvgIpc) is 2.24. The van der Waals surface area contributed by atoms with E-state index in [0.29, 0.717) is 19.3 Å². The highest BCUT2D eigenvalue weighted by atomic mass is 19.1. The Bertz CT molecular complexity index is 454. The fourth-order valence-corrected chi connectivity index (χ4v) is 2.52. The zero-order valence-corrected chi connectivity index (χ0v) is 10.7. The van der Waals surface area contributed by atoms with Gasteiger partial charge in [0.25, 0.3) is 0 Å². The Hall–Kier alpha value is -1.51. The minimum atomic E-state index is -0.538. The van der Waals surface area contributed by atoms with Crippen LogP contribution in [0.15, 0.2) is 24.3 Å². The topological polar surface area (TPSA) is 34.1 Å². The Kier molecular flexibility index (Phi) is 3.33. The van der Waals surface area contributed by atoms with E-state index in [1.807, 2.05) is 13.8 Å². The van der Waals surface area contributed by atoms with Crippen molar-refractivity contribution in [2.75, 3.05) is 0 Å². The van der Waals surface area contributed by atoms with Crippen LogP contribution < -0.4 is 0 Å². The Balaban J connectivity index is 2.12. The molecular formula is C15H17FO2. The van der Waals surface area contributed by atoms with E-state index in [2.05, 4.69) is 0 Å². The van der Waals surface area contributed by atoms with Crippen LogP contribution in [0.4, 0.5) is 4.39 Å². The van der Waals surface area contributed by atoms with E-state index < -0.39 is 5.92 Å². The Labute approximate surface area is 106 Å². The standard InChI is InChI=1S/C15H17FO2/c1-15(2)8-13(17)12(14(18)9-15)7-10-3-5-11(16)6-4-10/h3-6,12H,7-9H2,1-2H3. The van der Waals surface area contributed by atoms with Crippen molar-refractivity contribution in [3.63, 3.8) is 0 Å². The van der Waals surface area contributed by atoms with Gasteiger partial charge in [-0.15, -0.1) is 0 Å². The molecule has 1 aliphatic carbocycles. The van der Waals surface area contributed by atoms with Crippen molar-refractivity contribution < 1.29 is 14.0 Å². The van der Waals surface area contributed by atoms with Crippen molar-refractivity contribution in [2.45, 2.75) is 33.1 Å². The molecule has 0 radical (unpaired) electrons. The first-order valence-electron chi connectivity index (χ1n) is 6.17. The van der Waals surface area contributed by atoms with Crippen molar-refractivity contribution in [1.82, 2.24) is 0 Å². The molecule has 1 aromatic rings. The third-order valence-corrected chi connectivity index (χ3v) is 3.44. The number of hydrogen-bond acceptors (Lipinski definition) is 2. The molecule has 0 amide bonds. The van der Waals surface area contributed by atoms with Crippen molar-refractivity contribution in [2.24, 2.45) is 11.3 Å². The van der Waals surface area contributed by atoms with Gasteiger partial charge in [0, 0.05) is 12.8 Å². The largest absolute Gasteiger partial charge is 0.299 e. The van der Waals surface area contributed by atoms with Gasteiger partial charge in [-0.2, -0.15) is 0 Å². The highest BCUT2D eigenvalue weighted by molar-refractivity contribution is 6.05. The fraction of sp³-hybridized carbons (Fsp3) is 0.467. The maximum atomic E-state index is 12.8. The van der Waals surface area contributed by atoms with Crippen molar-refractivity contribution >= 4 is 11.6 Å². The average molecular weight is 248 g/mol. The smallest absolute Gasteiger partial charge is 0.144 e. The van der Waals surface area contributed by atoms with E-state index in [1.165, 1.54) is 12.1 Å². The lowest BCUT2D eigenvalue weighted by Crippen LogP contribution is -2.38. The first-order chi connectivity index (χ1) is 8.37. The molecule has 0 saturated heterocycles. The van der Waals surface area contributed by atoms with E-state index in [-0.39, 0.29) is 22.8 Å². The molecule has 0 heterocycles. The number of hydrogen-bond donors (Lipinski definition) is 0. The summed E-state index contributed by atoms with van der Waals surface area (Å²) in [6.45, 7) is 3.88. The maximum absolute atomic E-state index is 12.8. The fourth-order valence-electron chi connectivity index (χ4n) is 2.52. The second kappa shape index (κ2) is 4.63. The molecule has 0 aliphatic heterocycles. The maximum Gasteiger partial charge on any atom is 0.144 e. The molecule has 1 aliphatic rings. The summed E-state index contributed by atoms with van der Waals surface area (Å²) in [4.78, 5) is 24.0. The molecule has 1 fully saturated rings. The molecule has 0 aromatic heterocycles. The summed E-state index contributed by atoms with van der Waals surface area (Å²) in [6.07, 6.45) is 1.29. The van der Waals surface area contributed by atoms with E-state index >= 15 is 0 Å². The third-order valence-electron chi connectivity index (χ3n) is 3.44. The molecule has 0 atom stereocenters. The number of halogens is 1. The molecule has 0 unspecified atom stereocenters. The van der Waals surface area contributed by atoms with Gasteiger partial charge in [-0.3, -0.25) is 9.59 Å². The summed E-state index contributed by atoms with van der Waals surface area (Å²) >= 11 is 0. The second-order valence-electron chi connectivity index (χ2n) is 5.83. The normalized spacial score (nSPS) is 20.2. The van der Waals surface area contributed by atoms with Gasteiger partial charge in [-0.1, -0.05) is 26.0 Å². The van der Waals surface area contributed by atoms with Gasteiger partial charge in [-0.25, -0.2) is 4.39 Å². The molecule has 1 aromatic carbocycles. The minimum absolute atomic E-state index is 0.0144. The summed E-state index contributed by atoms with van der Waals surface area (Å²) in [5.41, 5.74) is 0.621.